The monoisotopic (exact) mass is 781 g/mol. The molecule has 6 nitrogen and oxygen atoms in total. The molecule has 0 radical (unpaired) electrons. The number of H-pyrrole nitrogens is 1. The average molecular weight is 782 g/mol. The number of anilines is 1. The summed E-state index contributed by atoms with van der Waals surface area (Å²) in [6.07, 6.45) is 0.710. The summed E-state index contributed by atoms with van der Waals surface area (Å²) in [6.45, 7) is 13.2. The molecule has 4 aromatic rings. The summed E-state index contributed by atoms with van der Waals surface area (Å²) in [4.78, 5) is 15.4. The minimum absolute atomic E-state index is 0. The molecule has 4 rings (SSSR count). The molecule has 0 aliphatic heterocycles. The van der Waals surface area contributed by atoms with Gasteiger partial charge in [0.25, 0.3) is 0 Å². The number of aromatic nitrogens is 1. The van der Waals surface area contributed by atoms with Gasteiger partial charge in [-0.3, -0.25) is 4.79 Å². The number of hydrogen-bond acceptors (Lipinski definition) is 5. The standard InChI is InChI=1S/C32H41N3O3Si.U/c1-32(2,3)39(4,5)38-29(21-34-20-19-23-11-13-25(33)14-12-23)26-15-17-28(31-27(26)16-18-30(36)35-31)37-22-24-9-7-6-8-10-24;/h6-18,29,34H,19-22,33H2,1-5H3,(H,35,36);/t29-;/m1./s1. The molecule has 3 aromatic carbocycles. The number of rotatable bonds is 11. The van der Waals surface area contributed by atoms with E-state index in [1.807, 2.05) is 54.6 Å². The second-order valence-corrected chi connectivity index (χ2v) is 16.4. The van der Waals surface area contributed by atoms with Crippen LogP contribution >= 0.6 is 0 Å². The predicted molar refractivity (Wildman–Crippen MR) is 164 cm³/mol. The molecular formula is C32H41N3O3SiU. The van der Waals surface area contributed by atoms with Gasteiger partial charge in [0.15, 0.2) is 8.32 Å². The van der Waals surface area contributed by atoms with Crippen molar-refractivity contribution in [1.82, 2.24) is 10.3 Å². The smallest absolute Gasteiger partial charge is 0.248 e. The fourth-order valence-corrected chi connectivity index (χ4v) is 5.56. The van der Waals surface area contributed by atoms with Crippen LogP contribution in [0.2, 0.25) is 18.1 Å². The molecule has 4 N–H and O–H groups in total. The minimum Gasteiger partial charge on any atom is -0.487 e. The Kier molecular flexibility index (Phi) is 11.3. The quantitative estimate of drug-likeness (QED) is 0.0910. The Morgan fingerprint density at radius 1 is 0.925 bits per heavy atom. The number of nitrogen functional groups attached to an aromatic ring is 1. The van der Waals surface area contributed by atoms with Crippen molar-refractivity contribution in [3.8, 4) is 5.75 Å². The van der Waals surface area contributed by atoms with Crippen LogP contribution in [0.3, 0.4) is 0 Å². The molecular weight excluding hydrogens is 740 g/mol. The molecule has 0 amide bonds. The summed E-state index contributed by atoms with van der Waals surface area (Å²) in [5.74, 6) is 0.651. The number of nitrogens with one attached hydrogen (secondary N) is 2. The molecule has 210 valence electrons. The minimum atomic E-state index is -2.11. The SMILES string of the molecule is CC(C)(C)[Si](C)(C)O[C@H](CNCCc1ccc(N)cc1)c1ccc(OCc2ccccc2)c2[nH]c(=O)ccc12.[U]. The van der Waals surface area contributed by atoms with Crippen molar-refractivity contribution < 1.29 is 40.3 Å². The number of aromatic amines is 1. The van der Waals surface area contributed by atoms with Crippen molar-refractivity contribution in [1.29, 1.82) is 0 Å². The largest absolute Gasteiger partial charge is 0.487 e. The van der Waals surface area contributed by atoms with Crippen LogP contribution in [-0.2, 0) is 17.5 Å². The maximum Gasteiger partial charge on any atom is 0.248 e. The zero-order chi connectivity index (χ0) is 28.0. The van der Waals surface area contributed by atoms with E-state index in [9.17, 15) is 4.79 Å². The molecule has 0 saturated heterocycles. The van der Waals surface area contributed by atoms with Crippen LogP contribution in [0.5, 0.6) is 5.75 Å². The van der Waals surface area contributed by atoms with Crippen LogP contribution in [0, 0.1) is 31.1 Å². The van der Waals surface area contributed by atoms with E-state index < -0.39 is 8.32 Å². The van der Waals surface area contributed by atoms with Crippen LogP contribution in [-0.4, -0.2) is 26.4 Å². The average Bonchev–Trinajstić information content (AvgIpc) is 2.90. The third-order valence-electron chi connectivity index (χ3n) is 7.62. The zero-order valence-corrected chi connectivity index (χ0v) is 29.4. The summed E-state index contributed by atoms with van der Waals surface area (Å²) in [7, 11) is -2.11. The topological polar surface area (TPSA) is 89.4 Å². The summed E-state index contributed by atoms with van der Waals surface area (Å²) >= 11 is 0. The molecule has 1 heterocycles. The summed E-state index contributed by atoms with van der Waals surface area (Å²) < 4.78 is 13.2. The third kappa shape index (κ3) is 8.34. The van der Waals surface area contributed by atoms with E-state index in [1.165, 1.54) is 5.56 Å². The Morgan fingerprint density at radius 2 is 1.62 bits per heavy atom. The first kappa shape index (κ1) is 32.2. The van der Waals surface area contributed by atoms with E-state index in [1.54, 1.807) is 6.07 Å². The van der Waals surface area contributed by atoms with Crippen molar-refractivity contribution in [3.05, 3.63) is 106 Å². The maximum atomic E-state index is 12.4. The second-order valence-electron chi connectivity index (χ2n) is 11.6. The molecule has 1 aromatic heterocycles. The van der Waals surface area contributed by atoms with Gasteiger partial charge in [-0.15, -0.1) is 0 Å². The van der Waals surface area contributed by atoms with E-state index in [-0.39, 0.29) is 47.8 Å². The van der Waals surface area contributed by atoms with E-state index >= 15 is 0 Å². The zero-order valence-electron chi connectivity index (χ0n) is 24.2. The van der Waals surface area contributed by atoms with E-state index in [0.717, 1.165) is 35.2 Å². The molecule has 1 atom stereocenters. The van der Waals surface area contributed by atoms with Gasteiger partial charge in [-0.25, -0.2) is 0 Å². The Hall–Kier alpha value is -2.34. The number of fused-ring (bicyclic) bond motifs is 1. The first-order valence-electron chi connectivity index (χ1n) is 13.6. The molecule has 0 fully saturated rings. The predicted octanol–water partition coefficient (Wildman–Crippen LogP) is 6.58. The Balaban J connectivity index is 0.00000441. The molecule has 8 heteroatoms. The Bertz CT molecular complexity index is 1430. The molecule has 0 unspecified atom stereocenters. The third-order valence-corrected chi connectivity index (χ3v) is 12.1. The van der Waals surface area contributed by atoms with Crippen molar-refractivity contribution in [2.24, 2.45) is 0 Å². The van der Waals surface area contributed by atoms with E-state index in [0.29, 0.717) is 24.4 Å². The fraction of sp³-hybridized carbons (Fsp3) is 0.344. The van der Waals surface area contributed by atoms with Crippen molar-refractivity contribution in [2.45, 2.75) is 58.0 Å². The summed E-state index contributed by atoms with van der Waals surface area (Å²) in [5.41, 5.74) is 10.5. The van der Waals surface area contributed by atoms with Crippen molar-refractivity contribution >= 4 is 24.9 Å². The maximum absolute atomic E-state index is 12.4. The van der Waals surface area contributed by atoms with Crippen molar-refractivity contribution in [3.63, 3.8) is 0 Å². The van der Waals surface area contributed by atoms with Crippen LogP contribution in [0.1, 0.15) is 43.6 Å². The van der Waals surface area contributed by atoms with Crippen LogP contribution < -0.4 is 21.3 Å². The molecule has 0 saturated carbocycles. The molecule has 40 heavy (non-hydrogen) atoms. The second kappa shape index (κ2) is 14.0. The molecule has 0 spiro atoms. The number of nitrogens with two attached hydrogens (primary N) is 1. The van der Waals surface area contributed by atoms with Gasteiger partial charge >= 0.3 is 0 Å². The van der Waals surface area contributed by atoms with Gasteiger partial charge < -0.3 is 25.2 Å². The van der Waals surface area contributed by atoms with E-state index in [2.05, 4.69) is 62.4 Å². The number of hydrogen-bond donors (Lipinski definition) is 3. The molecule has 0 aliphatic rings. The van der Waals surface area contributed by atoms with Gasteiger partial charge in [0.2, 0.25) is 5.56 Å². The van der Waals surface area contributed by atoms with Gasteiger partial charge in [-0.05, 0) is 72.1 Å². The van der Waals surface area contributed by atoms with Crippen LogP contribution in [0.25, 0.3) is 10.9 Å². The van der Waals surface area contributed by atoms with Crippen LogP contribution in [0.4, 0.5) is 5.69 Å². The summed E-state index contributed by atoms with van der Waals surface area (Å²) in [6, 6.07) is 25.5. The van der Waals surface area contributed by atoms with Crippen LogP contribution in [0.15, 0.2) is 83.7 Å². The Morgan fingerprint density at radius 3 is 2.30 bits per heavy atom. The number of benzene rings is 3. The number of ether oxygens (including phenoxy) is 1. The first-order valence-corrected chi connectivity index (χ1v) is 16.5. The molecule has 0 aliphatic carbocycles. The first-order chi connectivity index (χ1) is 18.5. The van der Waals surface area contributed by atoms with Gasteiger partial charge in [-0.2, -0.15) is 0 Å². The fourth-order valence-electron chi connectivity index (χ4n) is 4.28. The van der Waals surface area contributed by atoms with Gasteiger partial charge in [0.05, 0.1) is 11.6 Å². The number of pyridine rings is 1. The van der Waals surface area contributed by atoms with Gasteiger partial charge in [0.1, 0.15) is 12.4 Å². The van der Waals surface area contributed by atoms with Gasteiger partial charge in [0, 0.05) is 54.8 Å². The van der Waals surface area contributed by atoms with Gasteiger partial charge in [-0.1, -0.05) is 69.3 Å². The van der Waals surface area contributed by atoms with Crippen molar-refractivity contribution in [2.75, 3.05) is 18.8 Å². The normalized spacial score (nSPS) is 12.6. The summed E-state index contributed by atoms with van der Waals surface area (Å²) in [5, 5.41) is 4.61. The van der Waals surface area contributed by atoms with E-state index in [4.69, 9.17) is 14.9 Å². The molecule has 0 bridgehead atoms. The Labute approximate surface area is 262 Å².